The first-order valence-electron chi connectivity index (χ1n) is 19.7. The largest absolute Gasteiger partial charge is 0.309 e. The summed E-state index contributed by atoms with van der Waals surface area (Å²) in [5.74, 6) is 0. The van der Waals surface area contributed by atoms with E-state index in [-0.39, 0.29) is 29.9 Å². The minimum absolute atomic E-state index is 0.132. The molecule has 3 nitrogen and oxygen atoms in total. The standard InChI is InChI=1S/C48H32N3/c1-3-16-33(17-4-1)49-42-25-12-8-23-39(42)48-44(49)26-15-27-45(48)50-41-24-11-7-20-36(41)40-32-35(30-31-43(40)50)51(34-18-5-2-6-19-34)46-28-13-9-21-37(46)38-22-10-14-29-47(38)51/h1-32H/q+1/i1D,3D,4D,16D,17D. The Morgan fingerprint density at radius 1 is 0.412 bits per heavy atom. The van der Waals surface area contributed by atoms with E-state index in [1.54, 1.807) is 0 Å². The van der Waals surface area contributed by atoms with Crippen molar-refractivity contribution in [3.05, 3.63) is 194 Å². The normalized spacial score (nSPS) is 14.6. The second-order valence-electron chi connectivity index (χ2n) is 13.1. The maximum Gasteiger partial charge on any atom is 0.156 e. The number of hydrogen-bond acceptors (Lipinski definition) is 0. The van der Waals surface area contributed by atoms with E-state index in [1.165, 1.54) is 22.5 Å². The Bertz CT molecular complexity index is 3200. The summed E-state index contributed by atoms with van der Waals surface area (Å²) in [4.78, 5) is 0. The second kappa shape index (κ2) is 10.7. The highest BCUT2D eigenvalue weighted by Gasteiger charge is 2.47. The summed E-state index contributed by atoms with van der Waals surface area (Å²) in [5, 5.41) is 4.07. The van der Waals surface area contributed by atoms with Crippen molar-refractivity contribution in [2.45, 2.75) is 0 Å². The SMILES string of the molecule is [2H]c1c([2H])c([2H])c(-n2c3ccccc3c3c(-n4c5ccccc5c5cc([N+]6(c7ccccc7)c7ccccc7-c7ccccc76)ccc54)cccc32)c([2H])c1[2H]. The van der Waals surface area contributed by atoms with E-state index in [9.17, 15) is 0 Å². The molecular formula is C48H32N3+. The molecule has 1 aliphatic rings. The van der Waals surface area contributed by atoms with Crippen LogP contribution in [0.3, 0.4) is 0 Å². The highest BCUT2D eigenvalue weighted by Crippen LogP contribution is 2.62. The summed E-state index contributed by atoms with van der Waals surface area (Å²) in [6, 6.07) is 55.9. The Morgan fingerprint density at radius 2 is 1.00 bits per heavy atom. The van der Waals surface area contributed by atoms with Gasteiger partial charge in [-0.15, -0.1) is 0 Å². The van der Waals surface area contributed by atoms with Crippen LogP contribution < -0.4 is 4.48 Å². The van der Waals surface area contributed by atoms with Crippen LogP contribution in [0.4, 0.5) is 22.7 Å². The van der Waals surface area contributed by atoms with Gasteiger partial charge in [-0.05, 0) is 54.5 Å². The van der Waals surface area contributed by atoms with Gasteiger partial charge < -0.3 is 9.13 Å². The topological polar surface area (TPSA) is 9.86 Å². The van der Waals surface area contributed by atoms with Gasteiger partial charge >= 0.3 is 0 Å². The van der Waals surface area contributed by atoms with Gasteiger partial charge in [-0.1, -0.05) is 103 Å². The number of fused-ring (bicyclic) bond motifs is 9. The molecule has 0 N–H and O–H groups in total. The fourth-order valence-corrected chi connectivity index (χ4v) is 8.69. The molecule has 0 aliphatic carbocycles. The molecule has 51 heavy (non-hydrogen) atoms. The number of hydrogen-bond donors (Lipinski definition) is 0. The lowest BCUT2D eigenvalue weighted by Crippen LogP contribution is -2.31. The summed E-state index contributed by atoms with van der Waals surface area (Å²) in [6.45, 7) is 0. The van der Waals surface area contributed by atoms with Crippen LogP contribution in [0.5, 0.6) is 0 Å². The lowest BCUT2D eigenvalue weighted by atomic mass is 10.1. The van der Waals surface area contributed by atoms with Gasteiger partial charge in [0, 0.05) is 63.6 Å². The van der Waals surface area contributed by atoms with E-state index in [2.05, 4.69) is 138 Å². The molecule has 0 fully saturated rings. The van der Waals surface area contributed by atoms with Gasteiger partial charge in [0.05, 0.1) is 45.7 Å². The Labute approximate surface area is 302 Å². The molecule has 238 valence electrons. The van der Waals surface area contributed by atoms with Gasteiger partial charge in [-0.25, -0.2) is 0 Å². The van der Waals surface area contributed by atoms with Gasteiger partial charge in [0.1, 0.15) is 11.4 Å². The molecule has 0 unspecified atom stereocenters. The average molecular weight is 656 g/mol. The molecule has 0 saturated carbocycles. The number of aromatic nitrogens is 2. The second-order valence-corrected chi connectivity index (χ2v) is 13.1. The van der Waals surface area contributed by atoms with Crippen molar-refractivity contribution in [3.63, 3.8) is 0 Å². The van der Waals surface area contributed by atoms with Crippen molar-refractivity contribution in [1.82, 2.24) is 13.6 Å². The molecule has 3 heteroatoms. The molecule has 11 rings (SSSR count). The quantitative estimate of drug-likeness (QED) is 0.167. The third-order valence-corrected chi connectivity index (χ3v) is 10.6. The van der Waals surface area contributed by atoms with E-state index in [0.29, 0.717) is 4.48 Å². The molecular weight excluding hydrogens is 619 g/mol. The van der Waals surface area contributed by atoms with Crippen LogP contribution in [0.1, 0.15) is 6.85 Å². The van der Waals surface area contributed by atoms with Crippen LogP contribution in [0.2, 0.25) is 0 Å². The van der Waals surface area contributed by atoms with Crippen LogP contribution >= 0.6 is 0 Å². The first kappa shape index (κ1) is 23.6. The highest BCUT2D eigenvalue weighted by molar-refractivity contribution is 6.17. The molecule has 8 aromatic carbocycles. The molecule has 0 amide bonds. The lowest BCUT2D eigenvalue weighted by Gasteiger charge is -2.34. The fraction of sp³-hybridized carbons (Fsp3) is 0. The molecule has 1 aliphatic heterocycles. The molecule has 0 radical (unpaired) electrons. The number of quaternary nitrogens is 1. The van der Waals surface area contributed by atoms with E-state index >= 15 is 0 Å². The van der Waals surface area contributed by atoms with Crippen molar-refractivity contribution in [2.24, 2.45) is 0 Å². The summed E-state index contributed by atoms with van der Waals surface area (Å²) in [7, 11) is 0. The molecule has 10 aromatic rings. The third-order valence-electron chi connectivity index (χ3n) is 10.6. The maximum atomic E-state index is 8.93. The van der Waals surface area contributed by atoms with Crippen LogP contribution in [-0.2, 0) is 0 Å². The van der Waals surface area contributed by atoms with E-state index in [1.807, 2.05) is 34.9 Å². The van der Waals surface area contributed by atoms with Gasteiger partial charge in [0.15, 0.2) is 11.4 Å². The molecule has 0 saturated heterocycles. The molecule has 3 heterocycles. The maximum absolute atomic E-state index is 8.93. The van der Waals surface area contributed by atoms with Crippen LogP contribution in [-0.4, -0.2) is 9.13 Å². The van der Waals surface area contributed by atoms with Gasteiger partial charge in [0.2, 0.25) is 0 Å². The van der Waals surface area contributed by atoms with Crippen LogP contribution in [0.15, 0.2) is 194 Å². The van der Waals surface area contributed by atoms with Gasteiger partial charge in [0.25, 0.3) is 0 Å². The molecule has 2 aromatic heterocycles. The van der Waals surface area contributed by atoms with Crippen molar-refractivity contribution in [3.8, 4) is 22.5 Å². The van der Waals surface area contributed by atoms with Gasteiger partial charge in [-0.3, -0.25) is 0 Å². The summed E-state index contributed by atoms with van der Waals surface area (Å²) in [5.41, 5.74) is 11.8. The number of rotatable bonds is 4. The Kier molecular flexibility index (Phi) is 4.94. The first-order chi connectivity index (χ1) is 27.4. The van der Waals surface area contributed by atoms with Crippen LogP contribution in [0, 0.1) is 0 Å². The first-order valence-corrected chi connectivity index (χ1v) is 17.2. The average Bonchev–Trinajstić information content (AvgIpc) is 3.87. The highest BCUT2D eigenvalue weighted by atomic mass is 15.4. The minimum Gasteiger partial charge on any atom is -0.309 e. The van der Waals surface area contributed by atoms with Crippen molar-refractivity contribution in [2.75, 3.05) is 0 Å². The smallest absolute Gasteiger partial charge is 0.156 e. The third kappa shape index (κ3) is 3.76. The molecule has 0 bridgehead atoms. The summed E-state index contributed by atoms with van der Waals surface area (Å²) < 4.78 is 47.7. The predicted octanol–water partition coefficient (Wildman–Crippen LogP) is 13.2. The zero-order valence-corrected chi connectivity index (χ0v) is 27.4. The minimum atomic E-state index is -0.410. The van der Waals surface area contributed by atoms with Crippen molar-refractivity contribution >= 4 is 66.4 Å². The van der Waals surface area contributed by atoms with E-state index in [0.717, 1.165) is 60.7 Å². The van der Waals surface area contributed by atoms with Gasteiger partial charge in [-0.2, -0.15) is 4.48 Å². The summed E-state index contributed by atoms with van der Waals surface area (Å²) >= 11 is 0. The van der Waals surface area contributed by atoms with Crippen molar-refractivity contribution < 1.29 is 6.85 Å². The fourth-order valence-electron chi connectivity index (χ4n) is 8.69. The monoisotopic (exact) mass is 655 g/mol. The Morgan fingerprint density at radius 3 is 1.75 bits per heavy atom. The van der Waals surface area contributed by atoms with Crippen molar-refractivity contribution in [1.29, 1.82) is 0 Å². The Balaban J connectivity index is 1.23. The number of para-hydroxylation sites is 6. The van der Waals surface area contributed by atoms with Crippen LogP contribution in [0.25, 0.3) is 66.1 Å². The zero-order chi connectivity index (χ0) is 37.9. The number of nitrogens with zero attached hydrogens (tertiary/aromatic N) is 3. The Hall–Kier alpha value is -6.68. The molecule has 0 spiro atoms. The zero-order valence-electron chi connectivity index (χ0n) is 32.4. The summed E-state index contributed by atoms with van der Waals surface area (Å²) in [6.07, 6.45) is 0. The number of benzene rings is 8. The predicted molar refractivity (Wildman–Crippen MR) is 214 cm³/mol. The lowest BCUT2D eigenvalue weighted by molar-refractivity contribution is 0.722. The van der Waals surface area contributed by atoms with E-state index in [4.69, 9.17) is 6.85 Å². The molecule has 0 atom stereocenters. The van der Waals surface area contributed by atoms with E-state index < -0.39 is 6.04 Å².